The summed E-state index contributed by atoms with van der Waals surface area (Å²) in [7, 11) is 1.46. The van der Waals surface area contributed by atoms with Crippen molar-refractivity contribution in [2.45, 2.75) is 12.5 Å². The minimum Gasteiger partial charge on any atom is -0.272 e. The van der Waals surface area contributed by atoms with Crippen LogP contribution in [-0.4, -0.2) is 28.7 Å². The molecule has 3 aromatic rings. The normalized spacial score (nSPS) is 16.1. The number of amides is 1. The Kier molecular flexibility index (Phi) is 3.73. The molecule has 0 aliphatic carbocycles. The van der Waals surface area contributed by atoms with Crippen molar-refractivity contribution in [1.82, 2.24) is 9.63 Å². The van der Waals surface area contributed by atoms with Crippen LogP contribution in [0.4, 0.5) is 4.79 Å². The van der Waals surface area contributed by atoms with Gasteiger partial charge in [-0.2, -0.15) is 5.06 Å². The van der Waals surface area contributed by atoms with Crippen LogP contribution >= 0.6 is 0 Å². The molecular weight excluding hydrogens is 316 g/mol. The van der Waals surface area contributed by atoms with E-state index in [9.17, 15) is 9.59 Å². The van der Waals surface area contributed by atoms with Crippen molar-refractivity contribution < 1.29 is 14.4 Å². The summed E-state index contributed by atoms with van der Waals surface area (Å²) in [5, 5.41) is 2.31. The highest BCUT2D eigenvalue weighted by Gasteiger charge is 2.39. The van der Waals surface area contributed by atoms with Crippen molar-refractivity contribution in [3.8, 4) is 0 Å². The van der Waals surface area contributed by atoms with Gasteiger partial charge in [0.25, 0.3) is 0 Å². The van der Waals surface area contributed by atoms with Gasteiger partial charge in [-0.15, -0.1) is 0 Å². The molecule has 0 N–H and O–H groups in total. The minimum absolute atomic E-state index is 0.248. The van der Waals surface area contributed by atoms with Gasteiger partial charge >= 0.3 is 6.03 Å². The maximum Gasteiger partial charge on any atom is 0.353 e. The van der Waals surface area contributed by atoms with E-state index in [4.69, 9.17) is 4.84 Å². The van der Waals surface area contributed by atoms with E-state index in [2.05, 4.69) is 0 Å². The molecule has 2 aromatic carbocycles. The van der Waals surface area contributed by atoms with Crippen LogP contribution in [0.25, 0.3) is 16.5 Å². The van der Waals surface area contributed by atoms with E-state index in [1.165, 1.54) is 12.2 Å². The van der Waals surface area contributed by atoms with E-state index in [-0.39, 0.29) is 12.1 Å². The van der Waals surface area contributed by atoms with Gasteiger partial charge in [-0.1, -0.05) is 48.5 Å². The van der Waals surface area contributed by atoms with Crippen molar-refractivity contribution in [2.24, 2.45) is 0 Å². The first-order valence-corrected chi connectivity index (χ1v) is 8.02. The molecule has 2 heterocycles. The number of para-hydroxylation sites is 1. The van der Waals surface area contributed by atoms with Crippen LogP contribution in [0, 0.1) is 0 Å². The highest BCUT2D eigenvalue weighted by Crippen LogP contribution is 2.39. The van der Waals surface area contributed by atoms with Gasteiger partial charge in [0.05, 0.1) is 18.3 Å². The number of hydroxylamine groups is 2. The largest absolute Gasteiger partial charge is 0.353 e. The Morgan fingerprint density at radius 1 is 1.12 bits per heavy atom. The summed E-state index contributed by atoms with van der Waals surface area (Å²) in [5.74, 6) is 2.03. The molecule has 0 saturated carbocycles. The van der Waals surface area contributed by atoms with E-state index >= 15 is 0 Å². The Bertz CT molecular complexity index is 1000. The summed E-state index contributed by atoms with van der Waals surface area (Å²) in [6, 6.07) is 18.4. The van der Waals surface area contributed by atoms with E-state index < -0.39 is 0 Å². The zero-order chi connectivity index (χ0) is 17.4. The Labute approximate surface area is 144 Å². The Hall–Kier alpha value is -3.14. The molecule has 1 amide bonds. The molecule has 124 valence electrons. The molecule has 1 aliphatic heterocycles. The lowest BCUT2D eigenvalue weighted by molar-refractivity contribution is -0.106. The topological polar surface area (TPSA) is 51.5 Å². The zero-order valence-corrected chi connectivity index (χ0v) is 13.7. The Morgan fingerprint density at radius 2 is 1.84 bits per heavy atom. The van der Waals surface area contributed by atoms with Crippen LogP contribution in [-0.2, 0) is 9.63 Å². The first-order chi connectivity index (χ1) is 12.2. The molecule has 1 aliphatic rings. The molecule has 0 saturated heterocycles. The highest BCUT2D eigenvalue weighted by atomic mass is 16.7. The lowest BCUT2D eigenvalue weighted by atomic mass is 9.98. The molecule has 5 nitrogen and oxygen atoms in total. The third-order valence-electron chi connectivity index (χ3n) is 4.58. The number of hydrogen-bond donors (Lipinski definition) is 0. The van der Waals surface area contributed by atoms with Crippen molar-refractivity contribution in [3.05, 3.63) is 71.9 Å². The molecule has 25 heavy (non-hydrogen) atoms. The van der Waals surface area contributed by atoms with Crippen LogP contribution in [0.3, 0.4) is 0 Å². The second kappa shape index (κ2) is 6.06. The van der Waals surface area contributed by atoms with Crippen LogP contribution in [0.1, 0.15) is 23.7 Å². The summed E-state index contributed by atoms with van der Waals surface area (Å²) in [4.78, 5) is 29.6. The smallest absolute Gasteiger partial charge is 0.272 e. The summed E-state index contributed by atoms with van der Waals surface area (Å²) in [6.07, 6.45) is 0.337. The first kappa shape index (κ1) is 15.4. The second-order valence-corrected chi connectivity index (χ2v) is 5.92. The number of carbonyl (C=O) groups is 1. The van der Waals surface area contributed by atoms with Gasteiger partial charge < -0.3 is 0 Å². The lowest BCUT2D eigenvalue weighted by Crippen LogP contribution is -2.28. The van der Waals surface area contributed by atoms with Crippen molar-refractivity contribution in [3.63, 3.8) is 0 Å². The van der Waals surface area contributed by atoms with Gasteiger partial charge in [0, 0.05) is 17.4 Å². The van der Waals surface area contributed by atoms with E-state index in [0.29, 0.717) is 12.0 Å². The summed E-state index contributed by atoms with van der Waals surface area (Å²) < 4.78 is 1.65. The van der Waals surface area contributed by atoms with Crippen molar-refractivity contribution >= 4 is 28.4 Å². The number of benzene rings is 2. The van der Waals surface area contributed by atoms with Gasteiger partial charge in [-0.05, 0) is 17.7 Å². The van der Waals surface area contributed by atoms with Crippen LogP contribution in [0.5, 0.6) is 0 Å². The standard InChI is InChI=1S/C20H16N2O3/c1-25-22-19(12-16(13-23)14-7-3-2-4-8-14)18-11-15-9-5-6-10-17(15)21(18)20(22)24/h2-11,19H,12H2,1H3. The Balaban J connectivity index is 1.79. The van der Waals surface area contributed by atoms with E-state index in [1.807, 2.05) is 66.6 Å². The van der Waals surface area contributed by atoms with Crippen molar-refractivity contribution in [2.75, 3.05) is 7.11 Å². The SMILES string of the molecule is CON1C(=O)n2c(cc3ccccc32)C1CC(=C=O)c1ccccc1. The van der Waals surface area contributed by atoms with Gasteiger partial charge in [0.2, 0.25) is 0 Å². The third kappa shape index (κ3) is 2.38. The number of nitrogens with zero attached hydrogens (tertiary/aromatic N) is 2. The van der Waals surface area contributed by atoms with E-state index in [0.717, 1.165) is 22.2 Å². The molecule has 0 fully saturated rings. The minimum atomic E-state index is -0.374. The first-order valence-electron chi connectivity index (χ1n) is 8.02. The molecule has 0 spiro atoms. The fourth-order valence-corrected chi connectivity index (χ4v) is 3.43. The quantitative estimate of drug-likeness (QED) is 0.682. The predicted octanol–water partition coefficient (Wildman–Crippen LogP) is 3.83. The average molecular weight is 332 g/mol. The van der Waals surface area contributed by atoms with Crippen LogP contribution in [0.15, 0.2) is 60.7 Å². The number of hydrogen-bond acceptors (Lipinski definition) is 3. The van der Waals surface area contributed by atoms with E-state index in [1.54, 1.807) is 4.57 Å². The molecule has 0 radical (unpaired) electrons. The maximum absolute atomic E-state index is 12.8. The molecule has 1 atom stereocenters. The maximum atomic E-state index is 12.8. The third-order valence-corrected chi connectivity index (χ3v) is 4.58. The number of aromatic nitrogens is 1. The van der Waals surface area contributed by atoms with Crippen molar-refractivity contribution in [1.29, 1.82) is 0 Å². The zero-order valence-electron chi connectivity index (χ0n) is 13.7. The summed E-state index contributed by atoms with van der Waals surface area (Å²) in [6.45, 7) is 0. The summed E-state index contributed by atoms with van der Waals surface area (Å²) in [5.41, 5.74) is 2.97. The molecule has 4 rings (SSSR count). The van der Waals surface area contributed by atoms with Gasteiger partial charge in [0.1, 0.15) is 12.0 Å². The van der Waals surface area contributed by atoms with Gasteiger partial charge in [-0.25, -0.2) is 9.59 Å². The molecule has 0 bridgehead atoms. The summed E-state index contributed by atoms with van der Waals surface area (Å²) >= 11 is 0. The Morgan fingerprint density at radius 3 is 2.56 bits per heavy atom. The predicted molar refractivity (Wildman–Crippen MR) is 94.5 cm³/mol. The second-order valence-electron chi connectivity index (χ2n) is 5.92. The van der Waals surface area contributed by atoms with Crippen LogP contribution in [0.2, 0.25) is 0 Å². The van der Waals surface area contributed by atoms with Crippen LogP contribution < -0.4 is 0 Å². The number of carbonyl (C=O) groups excluding carboxylic acids is 2. The number of rotatable bonds is 4. The highest BCUT2D eigenvalue weighted by molar-refractivity contribution is 5.96. The van der Waals surface area contributed by atoms with Gasteiger partial charge in [0.15, 0.2) is 0 Å². The molecule has 1 aromatic heterocycles. The van der Waals surface area contributed by atoms with Gasteiger partial charge in [-0.3, -0.25) is 9.40 Å². The lowest BCUT2D eigenvalue weighted by Gasteiger charge is -2.21. The number of fused-ring (bicyclic) bond motifs is 3. The molecule has 5 heteroatoms. The molecule has 1 unspecified atom stereocenters. The fourth-order valence-electron chi connectivity index (χ4n) is 3.43. The average Bonchev–Trinajstić information content (AvgIpc) is 3.15. The monoisotopic (exact) mass is 332 g/mol. The fraction of sp³-hybridized carbons (Fsp3) is 0.150. The molecular formula is C20H16N2O3.